The Morgan fingerprint density at radius 2 is 1.87 bits per heavy atom. The van der Waals surface area contributed by atoms with Crippen molar-refractivity contribution in [3.8, 4) is 5.75 Å². The molecule has 4 nitrogen and oxygen atoms in total. The van der Waals surface area contributed by atoms with Gasteiger partial charge in [-0.15, -0.1) is 0 Å². The SMILES string of the molecule is Cc1cc(C)c2c(c1)OC/C(=C\c1ccc(C(=O)O)cc1)C2=O. The van der Waals surface area contributed by atoms with Crippen LogP contribution in [0.15, 0.2) is 42.0 Å². The van der Waals surface area contributed by atoms with Crippen molar-refractivity contribution in [2.45, 2.75) is 13.8 Å². The highest BCUT2D eigenvalue weighted by atomic mass is 16.5. The summed E-state index contributed by atoms with van der Waals surface area (Å²) in [6, 6.07) is 10.2. The largest absolute Gasteiger partial charge is 0.488 e. The number of carbonyl (C=O) groups excluding carboxylic acids is 1. The van der Waals surface area contributed by atoms with E-state index in [-0.39, 0.29) is 18.0 Å². The van der Waals surface area contributed by atoms with Crippen molar-refractivity contribution in [1.29, 1.82) is 0 Å². The molecule has 0 atom stereocenters. The zero-order chi connectivity index (χ0) is 16.6. The van der Waals surface area contributed by atoms with E-state index in [1.54, 1.807) is 18.2 Å². The zero-order valence-corrected chi connectivity index (χ0v) is 12.9. The van der Waals surface area contributed by atoms with Gasteiger partial charge in [-0.2, -0.15) is 0 Å². The molecule has 0 saturated carbocycles. The van der Waals surface area contributed by atoms with E-state index in [4.69, 9.17) is 9.84 Å². The highest BCUT2D eigenvalue weighted by molar-refractivity contribution is 6.15. The number of ketones is 1. The van der Waals surface area contributed by atoms with Crippen molar-refractivity contribution in [2.75, 3.05) is 6.61 Å². The van der Waals surface area contributed by atoms with Gasteiger partial charge in [-0.3, -0.25) is 4.79 Å². The second-order valence-electron chi connectivity index (χ2n) is 5.67. The van der Waals surface area contributed by atoms with E-state index in [9.17, 15) is 9.59 Å². The smallest absolute Gasteiger partial charge is 0.335 e. The van der Waals surface area contributed by atoms with Gasteiger partial charge in [0.1, 0.15) is 12.4 Å². The van der Waals surface area contributed by atoms with Crippen LogP contribution in [0.2, 0.25) is 0 Å². The minimum absolute atomic E-state index is 0.0361. The molecule has 2 aromatic carbocycles. The first-order chi connectivity index (χ1) is 11.0. The van der Waals surface area contributed by atoms with Crippen LogP contribution >= 0.6 is 0 Å². The summed E-state index contributed by atoms with van der Waals surface area (Å²) in [6.45, 7) is 4.09. The van der Waals surface area contributed by atoms with Gasteiger partial charge in [0.25, 0.3) is 0 Å². The molecule has 23 heavy (non-hydrogen) atoms. The lowest BCUT2D eigenvalue weighted by Crippen LogP contribution is -2.20. The van der Waals surface area contributed by atoms with Crippen LogP contribution in [-0.2, 0) is 0 Å². The molecule has 0 spiro atoms. The number of benzene rings is 2. The number of Topliss-reactive ketones (excluding diaryl/α,β-unsaturated/α-hetero) is 1. The van der Waals surface area contributed by atoms with Gasteiger partial charge in [0.05, 0.1) is 11.1 Å². The van der Waals surface area contributed by atoms with E-state index >= 15 is 0 Å². The van der Waals surface area contributed by atoms with Crippen LogP contribution in [0.5, 0.6) is 5.75 Å². The predicted octanol–water partition coefficient (Wildman–Crippen LogP) is 3.66. The normalized spacial score (nSPS) is 15.2. The summed E-state index contributed by atoms with van der Waals surface area (Å²) >= 11 is 0. The number of hydrogen-bond donors (Lipinski definition) is 1. The van der Waals surface area contributed by atoms with Crippen LogP contribution in [-0.4, -0.2) is 23.5 Å². The monoisotopic (exact) mass is 308 g/mol. The third kappa shape index (κ3) is 2.88. The van der Waals surface area contributed by atoms with Crippen LogP contribution in [0.3, 0.4) is 0 Å². The van der Waals surface area contributed by atoms with Crippen LogP contribution < -0.4 is 4.74 Å². The Hall–Kier alpha value is -2.88. The third-order valence-corrected chi connectivity index (χ3v) is 3.84. The highest BCUT2D eigenvalue weighted by Gasteiger charge is 2.25. The molecule has 0 aromatic heterocycles. The molecular formula is C19H16O4. The number of ether oxygens (including phenoxy) is 1. The van der Waals surface area contributed by atoms with E-state index in [0.29, 0.717) is 16.9 Å². The summed E-state index contributed by atoms with van der Waals surface area (Å²) in [4.78, 5) is 23.6. The Bertz CT molecular complexity index is 829. The number of fused-ring (bicyclic) bond motifs is 1. The fourth-order valence-corrected chi connectivity index (χ4v) is 2.75. The summed E-state index contributed by atoms with van der Waals surface area (Å²) in [5.74, 6) is -0.377. The van der Waals surface area contributed by atoms with E-state index in [0.717, 1.165) is 16.7 Å². The summed E-state index contributed by atoms with van der Waals surface area (Å²) in [5.41, 5.74) is 4.12. The van der Waals surface area contributed by atoms with Crippen LogP contribution in [0.25, 0.3) is 6.08 Å². The Morgan fingerprint density at radius 3 is 2.52 bits per heavy atom. The minimum atomic E-state index is -0.971. The van der Waals surface area contributed by atoms with Gasteiger partial charge in [0.2, 0.25) is 0 Å². The Labute approximate surface area is 134 Å². The molecule has 4 heteroatoms. The van der Waals surface area contributed by atoms with E-state index in [1.165, 1.54) is 12.1 Å². The first kappa shape index (κ1) is 15.0. The summed E-state index contributed by atoms with van der Waals surface area (Å²) in [6.07, 6.45) is 1.75. The molecule has 0 unspecified atom stereocenters. The maximum absolute atomic E-state index is 12.7. The summed E-state index contributed by atoms with van der Waals surface area (Å²) < 4.78 is 5.72. The second-order valence-corrected chi connectivity index (χ2v) is 5.67. The molecule has 0 radical (unpaired) electrons. The van der Waals surface area contributed by atoms with Crippen molar-refractivity contribution in [2.24, 2.45) is 0 Å². The molecule has 0 saturated heterocycles. The molecule has 2 aromatic rings. The summed E-state index contributed by atoms with van der Waals surface area (Å²) in [5, 5.41) is 8.91. The molecule has 1 aliphatic heterocycles. The van der Waals surface area contributed by atoms with Gasteiger partial charge in [-0.05, 0) is 54.8 Å². The second kappa shape index (κ2) is 5.72. The lowest BCUT2D eigenvalue weighted by atomic mass is 9.93. The van der Waals surface area contributed by atoms with Crippen molar-refractivity contribution >= 4 is 17.8 Å². The van der Waals surface area contributed by atoms with Crippen molar-refractivity contribution in [3.63, 3.8) is 0 Å². The Morgan fingerprint density at radius 1 is 1.17 bits per heavy atom. The van der Waals surface area contributed by atoms with Gasteiger partial charge < -0.3 is 9.84 Å². The van der Waals surface area contributed by atoms with Gasteiger partial charge in [-0.25, -0.2) is 4.79 Å². The first-order valence-electron chi connectivity index (χ1n) is 7.28. The van der Waals surface area contributed by atoms with Crippen molar-refractivity contribution in [1.82, 2.24) is 0 Å². The van der Waals surface area contributed by atoms with Crippen molar-refractivity contribution < 1.29 is 19.4 Å². The molecule has 3 rings (SSSR count). The Balaban J connectivity index is 1.95. The molecule has 0 bridgehead atoms. The average molecular weight is 308 g/mol. The molecule has 1 heterocycles. The quantitative estimate of drug-likeness (QED) is 0.860. The number of hydrogen-bond acceptors (Lipinski definition) is 3. The molecule has 0 fully saturated rings. The van der Waals surface area contributed by atoms with E-state index in [1.807, 2.05) is 26.0 Å². The molecular weight excluding hydrogens is 292 g/mol. The van der Waals surface area contributed by atoms with Gasteiger partial charge in [0, 0.05) is 5.57 Å². The summed E-state index contributed by atoms with van der Waals surface area (Å²) in [7, 11) is 0. The number of rotatable bonds is 2. The molecule has 116 valence electrons. The number of carboxylic acids is 1. The lowest BCUT2D eigenvalue weighted by molar-refractivity contribution is 0.0696. The van der Waals surface area contributed by atoms with Crippen LogP contribution in [0.1, 0.15) is 37.4 Å². The first-order valence-corrected chi connectivity index (χ1v) is 7.28. The van der Waals surface area contributed by atoms with Gasteiger partial charge >= 0.3 is 5.97 Å². The maximum Gasteiger partial charge on any atom is 0.335 e. The lowest BCUT2D eigenvalue weighted by Gasteiger charge is -2.21. The topological polar surface area (TPSA) is 63.6 Å². The van der Waals surface area contributed by atoms with Gasteiger partial charge in [0.15, 0.2) is 5.78 Å². The molecule has 0 amide bonds. The molecule has 1 aliphatic rings. The molecule has 1 N–H and O–H groups in total. The highest BCUT2D eigenvalue weighted by Crippen LogP contribution is 2.31. The minimum Gasteiger partial charge on any atom is -0.488 e. The van der Waals surface area contributed by atoms with Crippen molar-refractivity contribution in [3.05, 3.63) is 69.8 Å². The number of aromatic carboxylic acids is 1. The predicted molar refractivity (Wildman–Crippen MR) is 87.1 cm³/mol. The number of carbonyl (C=O) groups is 2. The fourth-order valence-electron chi connectivity index (χ4n) is 2.75. The number of aryl methyl sites for hydroxylation is 2. The van der Waals surface area contributed by atoms with Gasteiger partial charge in [-0.1, -0.05) is 18.2 Å². The van der Waals surface area contributed by atoms with Crippen LogP contribution in [0.4, 0.5) is 0 Å². The third-order valence-electron chi connectivity index (χ3n) is 3.84. The fraction of sp³-hybridized carbons (Fsp3) is 0.158. The number of carboxylic acid groups (broad SMARTS) is 1. The molecule has 0 aliphatic carbocycles. The van der Waals surface area contributed by atoms with Crippen LogP contribution in [0, 0.1) is 13.8 Å². The standard InChI is InChI=1S/C19H16O4/c1-11-7-12(2)17-16(8-11)23-10-15(18(17)20)9-13-3-5-14(6-4-13)19(21)22/h3-9H,10H2,1-2H3,(H,21,22)/b15-9+. The maximum atomic E-state index is 12.7. The zero-order valence-electron chi connectivity index (χ0n) is 12.9. The average Bonchev–Trinajstić information content (AvgIpc) is 2.50. The Kier molecular flexibility index (Phi) is 3.74. The van der Waals surface area contributed by atoms with E-state index < -0.39 is 5.97 Å². The van der Waals surface area contributed by atoms with E-state index in [2.05, 4.69) is 0 Å².